The van der Waals surface area contributed by atoms with E-state index in [1.54, 1.807) is 22.0 Å². The minimum Gasteiger partial charge on any atom is -0.283 e. The molecule has 0 spiro atoms. The molecule has 2 aromatic heterocycles. The number of hydrogen-bond acceptors (Lipinski definition) is 5. The first-order chi connectivity index (χ1) is 12.3. The molecule has 4 aromatic rings. The zero-order valence-electron chi connectivity index (χ0n) is 13.4. The molecule has 0 aliphatic heterocycles. The number of rotatable bonds is 5. The third-order valence-electron chi connectivity index (χ3n) is 3.80. The van der Waals surface area contributed by atoms with Crippen LogP contribution in [0.3, 0.4) is 0 Å². The smallest absolute Gasteiger partial charge is 0.262 e. The Bertz CT molecular complexity index is 1100. The second kappa shape index (κ2) is 6.82. The minimum atomic E-state index is -0.0303. The predicted molar refractivity (Wildman–Crippen MR) is 105 cm³/mol. The fourth-order valence-electron chi connectivity index (χ4n) is 2.66. The molecule has 2 aromatic carbocycles. The molecule has 0 unspecified atom stereocenters. The maximum atomic E-state index is 12.7. The highest BCUT2D eigenvalue weighted by Gasteiger charge is 2.12. The lowest BCUT2D eigenvalue weighted by molar-refractivity contribution is 0.671. The van der Waals surface area contributed by atoms with E-state index in [0.29, 0.717) is 22.8 Å². The fourth-order valence-corrected chi connectivity index (χ4v) is 4.62. The van der Waals surface area contributed by atoms with Crippen molar-refractivity contribution in [3.63, 3.8) is 0 Å². The highest BCUT2D eigenvalue weighted by atomic mass is 32.2. The van der Waals surface area contributed by atoms with Gasteiger partial charge in [0.05, 0.1) is 26.9 Å². The molecule has 6 heteroatoms. The SMILES string of the molecule is C=CCn1c(SCc2nc3ccccc3s2)nc2ccccc2c1=O. The van der Waals surface area contributed by atoms with Gasteiger partial charge in [-0.15, -0.1) is 17.9 Å². The molecule has 0 fully saturated rings. The number of fused-ring (bicyclic) bond motifs is 2. The summed E-state index contributed by atoms with van der Waals surface area (Å²) in [5.74, 6) is 0.682. The maximum Gasteiger partial charge on any atom is 0.262 e. The van der Waals surface area contributed by atoms with Crippen LogP contribution in [0.15, 0.2) is 71.1 Å². The number of allylic oxidation sites excluding steroid dienone is 1. The van der Waals surface area contributed by atoms with Crippen LogP contribution in [-0.2, 0) is 12.3 Å². The van der Waals surface area contributed by atoms with Gasteiger partial charge in [0, 0.05) is 6.54 Å². The van der Waals surface area contributed by atoms with Crippen LogP contribution in [0.5, 0.6) is 0 Å². The van der Waals surface area contributed by atoms with E-state index in [2.05, 4.69) is 22.6 Å². The van der Waals surface area contributed by atoms with Crippen LogP contribution in [0.2, 0.25) is 0 Å². The van der Waals surface area contributed by atoms with E-state index in [1.165, 1.54) is 16.5 Å². The highest BCUT2D eigenvalue weighted by Crippen LogP contribution is 2.28. The first-order valence-electron chi connectivity index (χ1n) is 7.84. The van der Waals surface area contributed by atoms with Crippen molar-refractivity contribution in [1.29, 1.82) is 0 Å². The Morgan fingerprint density at radius 1 is 1.08 bits per heavy atom. The van der Waals surface area contributed by atoms with Gasteiger partial charge in [0.25, 0.3) is 5.56 Å². The Labute approximate surface area is 152 Å². The number of benzene rings is 2. The molecule has 2 heterocycles. The topological polar surface area (TPSA) is 47.8 Å². The van der Waals surface area contributed by atoms with Gasteiger partial charge in [-0.2, -0.15) is 0 Å². The largest absolute Gasteiger partial charge is 0.283 e. The zero-order chi connectivity index (χ0) is 17.2. The highest BCUT2D eigenvalue weighted by molar-refractivity contribution is 7.98. The van der Waals surface area contributed by atoms with Crippen molar-refractivity contribution in [1.82, 2.24) is 14.5 Å². The molecule has 0 saturated carbocycles. The van der Waals surface area contributed by atoms with Crippen LogP contribution in [-0.4, -0.2) is 14.5 Å². The normalized spacial score (nSPS) is 11.2. The summed E-state index contributed by atoms with van der Waals surface area (Å²) >= 11 is 3.21. The summed E-state index contributed by atoms with van der Waals surface area (Å²) in [4.78, 5) is 22.1. The molecule has 0 bridgehead atoms. The van der Waals surface area contributed by atoms with Crippen molar-refractivity contribution < 1.29 is 0 Å². The van der Waals surface area contributed by atoms with Crippen molar-refractivity contribution in [3.05, 3.63) is 76.5 Å². The predicted octanol–water partition coefficient (Wildman–Crippen LogP) is 4.48. The molecular formula is C19H15N3OS2. The van der Waals surface area contributed by atoms with Crippen LogP contribution in [0.4, 0.5) is 0 Å². The molecule has 0 aliphatic carbocycles. The Morgan fingerprint density at radius 2 is 1.84 bits per heavy atom. The van der Waals surface area contributed by atoms with Crippen molar-refractivity contribution in [2.24, 2.45) is 0 Å². The van der Waals surface area contributed by atoms with E-state index in [-0.39, 0.29) is 5.56 Å². The van der Waals surface area contributed by atoms with Crippen LogP contribution in [0, 0.1) is 0 Å². The summed E-state index contributed by atoms with van der Waals surface area (Å²) in [7, 11) is 0. The van der Waals surface area contributed by atoms with E-state index in [9.17, 15) is 4.79 Å². The lowest BCUT2D eigenvalue weighted by atomic mass is 10.2. The van der Waals surface area contributed by atoms with Crippen LogP contribution >= 0.6 is 23.1 Å². The Balaban J connectivity index is 1.71. The molecule has 0 amide bonds. The fraction of sp³-hybridized carbons (Fsp3) is 0.105. The number of para-hydroxylation sites is 2. The lowest BCUT2D eigenvalue weighted by Crippen LogP contribution is -2.22. The van der Waals surface area contributed by atoms with E-state index in [0.717, 1.165) is 16.0 Å². The number of nitrogens with zero attached hydrogens (tertiary/aromatic N) is 3. The van der Waals surface area contributed by atoms with Gasteiger partial charge in [-0.1, -0.05) is 42.1 Å². The Kier molecular flexibility index (Phi) is 4.38. The minimum absolute atomic E-state index is 0.0303. The average molecular weight is 365 g/mol. The summed E-state index contributed by atoms with van der Waals surface area (Å²) in [6, 6.07) is 15.5. The van der Waals surface area contributed by atoms with Gasteiger partial charge in [0.1, 0.15) is 5.01 Å². The van der Waals surface area contributed by atoms with Gasteiger partial charge in [-0.25, -0.2) is 9.97 Å². The molecule has 124 valence electrons. The van der Waals surface area contributed by atoms with Gasteiger partial charge in [-0.3, -0.25) is 9.36 Å². The molecule has 4 rings (SSSR count). The molecule has 0 atom stereocenters. The summed E-state index contributed by atoms with van der Waals surface area (Å²) in [5.41, 5.74) is 1.70. The number of thioether (sulfide) groups is 1. The molecule has 0 radical (unpaired) electrons. The van der Waals surface area contributed by atoms with Crippen LogP contribution in [0.25, 0.3) is 21.1 Å². The molecule has 0 saturated heterocycles. The Morgan fingerprint density at radius 3 is 2.64 bits per heavy atom. The molecule has 25 heavy (non-hydrogen) atoms. The van der Waals surface area contributed by atoms with Crippen molar-refractivity contribution >= 4 is 44.2 Å². The zero-order valence-corrected chi connectivity index (χ0v) is 15.0. The quantitative estimate of drug-likeness (QED) is 0.297. The van der Waals surface area contributed by atoms with E-state index in [1.807, 2.05) is 42.5 Å². The van der Waals surface area contributed by atoms with Crippen LogP contribution in [0.1, 0.15) is 5.01 Å². The van der Waals surface area contributed by atoms with E-state index in [4.69, 9.17) is 0 Å². The monoisotopic (exact) mass is 365 g/mol. The second-order valence-electron chi connectivity index (χ2n) is 5.48. The van der Waals surface area contributed by atoms with Crippen molar-refractivity contribution in [3.8, 4) is 0 Å². The van der Waals surface area contributed by atoms with Crippen molar-refractivity contribution in [2.75, 3.05) is 0 Å². The van der Waals surface area contributed by atoms with Gasteiger partial charge in [0.15, 0.2) is 5.16 Å². The number of thiazole rings is 1. The number of hydrogen-bond donors (Lipinski definition) is 0. The summed E-state index contributed by atoms with van der Waals surface area (Å²) in [5, 5.41) is 2.36. The third-order valence-corrected chi connectivity index (χ3v) is 6.01. The molecule has 0 aliphatic rings. The van der Waals surface area contributed by atoms with Gasteiger partial charge in [0.2, 0.25) is 0 Å². The molecular weight excluding hydrogens is 350 g/mol. The maximum absolute atomic E-state index is 12.7. The van der Waals surface area contributed by atoms with Gasteiger partial charge >= 0.3 is 0 Å². The molecule has 0 N–H and O–H groups in total. The van der Waals surface area contributed by atoms with Crippen LogP contribution < -0.4 is 5.56 Å². The van der Waals surface area contributed by atoms with E-state index < -0.39 is 0 Å². The van der Waals surface area contributed by atoms with E-state index >= 15 is 0 Å². The third kappa shape index (κ3) is 3.10. The first-order valence-corrected chi connectivity index (χ1v) is 9.64. The standard InChI is InChI=1S/C19H15N3OS2/c1-2-11-22-18(23)13-7-3-4-8-14(13)21-19(22)24-12-17-20-15-9-5-6-10-16(15)25-17/h2-10H,1,11-12H2. The van der Waals surface area contributed by atoms with Gasteiger partial charge < -0.3 is 0 Å². The summed E-state index contributed by atoms with van der Waals surface area (Å²) in [6.45, 7) is 4.20. The van der Waals surface area contributed by atoms with Crippen molar-refractivity contribution in [2.45, 2.75) is 17.5 Å². The number of aromatic nitrogens is 3. The lowest BCUT2D eigenvalue weighted by Gasteiger charge is -2.10. The summed E-state index contributed by atoms with van der Waals surface area (Å²) < 4.78 is 2.85. The van der Waals surface area contributed by atoms with Gasteiger partial charge in [-0.05, 0) is 24.3 Å². The summed E-state index contributed by atoms with van der Waals surface area (Å²) in [6.07, 6.45) is 1.72. The average Bonchev–Trinajstić information content (AvgIpc) is 3.06. The second-order valence-corrected chi connectivity index (χ2v) is 7.54. The first kappa shape index (κ1) is 16.1. The molecule has 4 nitrogen and oxygen atoms in total. The Hall–Kier alpha value is -2.44.